The third-order valence-corrected chi connectivity index (χ3v) is 6.45. The highest BCUT2D eigenvalue weighted by Gasteiger charge is 2.44. The van der Waals surface area contributed by atoms with Crippen LogP contribution in [0.2, 0.25) is 0 Å². The van der Waals surface area contributed by atoms with Crippen LogP contribution in [0, 0.1) is 0 Å². The normalized spacial score (nSPS) is 15.9. The zero-order valence-electron chi connectivity index (χ0n) is 18.0. The molecule has 0 spiro atoms. The summed E-state index contributed by atoms with van der Waals surface area (Å²) in [7, 11) is 0. The summed E-state index contributed by atoms with van der Waals surface area (Å²) >= 11 is 6.41. The Kier molecular flexibility index (Phi) is 5.59. The van der Waals surface area contributed by atoms with Gasteiger partial charge in [-0.15, -0.1) is 0 Å². The van der Waals surface area contributed by atoms with Gasteiger partial charge in [0.25, 0.3) is 6.43 Å². The van der Waals surface area contributed by atoms with E-state index >= 15 is 0 Å². The standard InChI is InChI=1S/C27H22ClF2N3/c1-18-24-22(17-23(28)31-18)33(32-25(24)26(29)30)27(19-11-5-2-6-12-19,20-13-7-3-8-14-20)21-15-9-4-10-16-21/h2-16,18,26H,17H2,1H3. The molecule has 0 radical (unpaired) electrons. The van der Waals surface area contributed by atoms with Crippen molar-refractivity contribution in [2.75, 3.05) is 0 Å². The summed E-state index contributed by atoms with van der Waals surface area (Å²) < 4.78 is 30.3. The van der Waals surface area contributed by atoms with Gasteiger partial charge in [-0.1, -0.05) is 103 Å². The summed E-state index contributed by atoms with van der Waals surface area (Å²) in [4.78, 5) is 4.38. The molecule has 1 aliphatic rings. The number of hydrogen-bond donors (Lipinski definition) is 0. The summed E-state index contributed by atoms with van der Waals surface area (Å²) in [5.74, 6) is 0. The third-order valence-electron chi connectivity index (χ3n) is 6.21. The van der Waals surface area contributed by atoms with E-state index in [0.29, 0.717) is 16.4 Å². The second kappa shape index (κ2) is 8.56. The maximum atomic E-state index is 14.3. The van der Waals surface area contributed by atoms with Gasteiger partial charge >= 0.3 is 0 Å². The number of aliphatic imine (C=N–C) groups is 1. The SMILES string of the molecule is CC1N=C(Cl)Cc2c1c(C(F)F)nn2C(c1ccccc1)(c1ccccc1)c1ccccc1. The highest BCUT2D eigenvalue weighted by Crippen LogP contribution is 2.45. The molecule has 0 N–H and O–H groups in total. The third kappa shape index (κ3) is 3.47. The van der Waals surface area contributed by atoms with Crippen molar-refractivity contribution >= 4 is 16.8 Å². The summed E-state index contributed by atoms with van der Waals surface area (Å²) in [6.45, 7) is 1.79. The van der Waals surface area contributed by atoms with Crippen molar-refractivity contribution in [2.45, 2.75) is 31.4 Å². The van der Waals surface area contributed by atoms with E-state index in [9.17, 15) is 8.78 Å². The van der Waals surface area contributed by atoms with Gasteiger partial charge in [0.05, 0.1) is 11.7 Å². The van der Waals surface area contributed by atoms with Crippen LogP contribution in [0.1, 0.15) is 53.0 Å². The van der Waals surface area contributed by atoms with Gasteiger partial charge in [0, 0.05) is 12.0 Å². The molecule has 3 nitrogen and oxygen atoms in total. The van der Waals surface area contributed by atoms with Gasteiger partial charge in [-0.05, 0) is 23.6 Å². The predicted molar refractivity (Wildman–Crippen MR) is 127 cm³/mol. The van der Waals surface area contributed by atoms with Crippen molar-refractivity contribution in [1.82, 2.24) is 9.78 Å². The van der Waals surface area contributed by atoms with Crippen LogP contribution in [0.15, 0.2) is 96.0 Å². The topological polar surface area (TPSA) is 30.2 Å². The van der Waals surface area contributed by atoms with E-state index in [1.165, 1.54) is 0 Å². The molecule has 1 aliphatic heterocycles. The lowest BCUT2D eigenvalue weighted by Gasteiger charge is -2.38. The van der Waals surface area contributed by atoms with Crippen molar-refractivity contribution < 1.29 is 8.78 Å². The number of halogens is 3. The van der Waals surface area contributed by atoms with Crippen LogP contribution >= 0.6 is 11.6 Å². The van der Waals surface area contributed by atoms with E-state index in [1.54, 1.807) is 11.6 Å². The smallest absolute Gasteiger partial charge is 0.269 e. The number of alkyl halides is 2. The van der Waals surface area contributed by atoms with Gasteiger partial charge in [0.15, 0.2) is 0 Å². The summed E-state index contributed by atoms with van der Waals surface area (Å²) in [6.07, 6.45) is -2.48. The van der Waals surface area contributed by atoms with Crippen molar-refractivity contribution in [3.05, 3.63) is 125 Å². The monoisotopic (exact) mass is 461 g/mol. The predicted octanol–water partition coefficient (Wildman–Crippen LogP) is 6.92. The zero-order valence-corrected chi connectivity index (χ0v) is 18.8. The maximum Gasteiger partial charge on any atom is 0.282 e. The first-order valence-electron chi connectivity index (χ1n) is 10.8. The van der Waals surface area contributed by atoms with Gasteiger partial charge in [-0.25, -0.2) is 13.5 Å². The lowest BCUT2D eigenvalue weighted by atomic mass is 9.76. The van der Waals surface area contributed by atoms with Crippen molar-refractivity contribution in [2.24, 2.45) is 4.99 Å². The second-order valence-electron chi connectivity index (χ2n) is 8.12. The first kappa shape index (κ1) is 21.5. The number of aromatic nitrogens is 2. The lowest BCUT2D eigenvalue weighted by molar-refractivity contribution is 0.143. The van der Waals surface area contributed by atoms with E-state index in [2.05, 4.69) is 10.1 Å². The van der Waals surface area contributed by atoms with Crippen LogP contribution in [-0.2, 0) is 12.0 Å². The lowest BCUT2D eigenvalue weighted by Crippen LogP contribution is -2.40. The highest BCUT2D eigenvalue weighted by atomic mass is 35.5. The molecular weight excluding hydrogens is 440 g/mol. The molecular formula is C27H22ClF2N3. The molecule has 0 fully saturated rings. The quantitative estimate of drug-likeness (QED) is 0.297. The number of fused-ring (bicyclic) bond motifs is 1. The Hall–Kier alpha value is -3.31. The Morgan fingerprint density at radius 3 is 1.73 bits per heavy atom. The summed E-state index contributed by atoms with van der Waals surface area (Å²) in [6, 6.07) is 29.1. The fourth-order valence-corrected chi connectivity index (χ4v) is 5.18. The Labute approximate surface area is 196 Å². The minimum Gasteiger partial charge on any atom is -0.269 e. The molecule has 0 aliphatic carbocycles. The molecule has 5 rings (SSSR count). The maximum absolute atomic E-state index is 14.3. The Morgan fingerprint density at radius 1 is 0.848 bits per heavy atom. The fourth-order valence-electron chi connectivity index (χ4n) is 4.91. The minimum atomic E-state index is -2.73. The molecule has 166 valence electrons. The van der Waals surface area contributed by atoms with E-state index in [-0.39, 0.29) is 12.1 Å². The van der Waals surface area contributed by atoms with Crippen LogP contribution in [0.5, 0.6) is 0 Å². The Bertz CT molecular complexity index is 1190. The molecule has 0 bridgehead atoms. The van der Waals surface area contributed by atoms with Crippen LogP contribution in [0.3, 0.4) is 0 Å². The van der Waals surface area contributed by atoms with Gasteiger partial charge < -0.3 is 0 Å². The van der Waals surface area contributed by atoms with E-state index in [0.717, 1.165) is 16.7 Å². The molecule has 0 amide bonds. The van der Waals surface area contributed by atoms with E-state index in [1.807, 2.05) is 91.0 Å². The molecule has 6 heteroatoms. The summed E-state index contributed by atoms with van der Waals surface area (Å²) in [5, 5.41) is 5.00. The number of benzene rings is 3. The summed E-state index contributed by atoms with van der Waals surface area (Å²) in [5.41, 5.74) is 2.66. The molecule has 0 saturated heterocycles. The number of rotatable bonds is 5. The molecule has 0 saturated carbocycles. The minimum absolute atomic E-state index is 0.238. The van der Waals surface area contributed by atoms with Crippen molar-refractivity contribution in [3.8, 4) is 0 Å². The van der Waals surface area contributed by atoms with Crippen LogP contribution in [0.25, 0.3) is 0 Å². The van der Waals surface area contributed by atoms with Crippen molar-refractivity contribution in [3.63, 3.8) is 0 Å². The molecule has 1 aromatic heterocycles. The molecule has 2 heterocycles. The van der Waals surface area contributed by atoms with E-state index in [4.69, 9.17) is 11.6 Å². The molecule has 1 atom stereocenters. The highest BCUT2D eigenvalue weighted by molar-refractivity contribution is 6.65. The van der Waals surface area contributed by atoms with Gasteiger partial charge in [-0.3, -0.25) is 4.99 Å². The van der Waals surface area contributed by atoms with Crippen LogP contribution in [0.4, 0.5) is 8.78 Å². The Balaban J connectivity index is 1.95. The average molecular weight is 462 g/mol. The number of nitrogens with zero attached hydrogens (tertiary/aromatic N) is 3. The molecule has 1 unspecified atom stereocenters. The zero-order chi connectivity index (χ0) is 23.0. The van der Waals surface area contributed by atoms with Crippen molar-refractivity contribution in [1.29, 1.82) is 0 Å². The first-order valence-corrected chi connectivity index (χ1v) is 11.2. The van der Waals surface area contributed by atoms with Crippen LogP contribution in [-0.4, -0.2) is 15.0 Å². The first-order chi connectivity index (χ1) is 16.0. The second-order valence-corrected chi connectivity index (χ2v) is 8.56. The van der Waals surface area contributed by atoms with Crippen LogP contribution < -0.4 is 0 Å². The Morgan fingerprint density at radius 2 is 1.30 bits per heavy atom. The van der Waals surface area contributed by atoms with E-state index < -0.39 is 18.0 Å². The van der Waals surface area contributed by atoms with Gasteiger partial charge in [0.2, 0.25) is 0 Å². The average Bonchev–Trinajstić information content (AvgIpc) is 3.22. The number of hydrogen-bond acceptors (Lipinski definition) is 2. The van der Waals surface area contributed by atoms with Gasteiger partial charge in [0.1, 0.15) is 16.4 Å². The fraction of sp³-hybridized carbons (Fsp3) is 0.185. The largest absolute Gasteiger partial charge is 0.282 e. The molecule has 3 aromatic carbocycles. The molecule has 33 heavy (non-hydrogen) atoms. The van der Waals surface area contributed by atoms with Gasteiger partial charge in [-0.2, -0.15) is 5.10 Å². The molecule has 4 aromatic rings.